The molecule has 2 aromatic rings. The maximum absolute atomic E-state index is 5.57. The van der Waals surface area contributed by atoms with Gasteiger partial charge < -0.3 is 10.3 Å². The molecule has 2 N–H and O–H groups in total. The van der Waals surface area contributed by atoms with Crippen molar-refractivity contribution in [1.82, 2.24) is 10.1 Å². The molecule has 6 heteroatoms. The summed E-state index contributed by atoms with van der Waals surface area (Å²) in [4.78, 5) is 8.28. The van der Waals surface area contributed by atoms with Gasteiger partial charge in [0.2, 0.25) is 0 Å². The van der Waals surface area contributed by atoms with Crippen LogP contribution in [-0.2, 0) is 0 Å². The maximum Gasteiger partial charge on any atom is 0.257 e. The van der Waals surface area contributed by atoms with E-state index >= 15 is 0 Å². The molecule has 0 aliphatic rings. The van der Waals surface area contributed by atoms with Gasteiger partial charge in [-0.3, -0.25) is 0 Å². The third-order valence-electron chi connectivity index (χ3n) is 2.03. The lowest BCUT2D eigenvalue weighted by molar-refractivity contribution is 0.425. The summed E-state index contributed by atoms with van der Waals surface area (Å²) in [6.07, 6.45) is 0. The largest absolute Gasteiger partial charge is 0.386 e. The average Bonchev–Trinajstić information content (AvgIpc) is 2.76. The van der Waals surface area contributed by atoms with E-state index in [1.54, 1.807) is 6.92 Å². The van der Waals surface area contributed by atoms with Crippen molar-refractivity contribution in [2.24, 2.45) is 10.7 Å². The number of hydrogen-bond donors (Lipinski definition) is 1. The maximum atomic E-state index is 5.57. The number of nitrogens with zero attached hydrogens (tertiary/aromatic N) is 3. The summed E-state index contributed by atoms with van der Waals surface area (Å²) in [5.74, 6) is 1.62. The minimum Gasteiger partial charge on any atom is -0.386 e. The van der Waals surface area contributed by atoms with E-state index in [9.17, 15) is 0 Å². The number of hydrogen-bond acceptors (Lipinski definition) is 4. The molecule has 0 atom stereocenters. The lowest BCUT2D eigenvalue weighted by Crippen LogP contribution is -2.12. The van der Waals surface area contributed by atoms with Crippen LogP contribution in [0.2, 0.25) is 0 Å². The number of rotatable bonds is 3. The second kappa shape index (κ2) is 4.97. The first-order valence-electron chi connectivity index (χ1n) is 4.99. The lowest BCUT2D eigenvalue weighted by Gasteiger charge is -1.98. The molecule has 88 valence electrons. The molecule has 2 rings (SSSR count). The van der Waals surface area contributed by atoms with Crippen molar-refractivity contribution in [3.05, 3.63) is 30.1 Å². The van der Waals surface area contributed by atoms with Crippen LogP contribution < -0.4 is 5.73 Å². The molecule has 1 aromatic heterocycles. The molecule has 1 aromatic carbocycles. The fraction of sp³-hybridized carbons (Fsp3) is 0.182. The number of aromatic nitrogens is 2. The van der Waals surface area contributed by atoms with Crippen LogP contribution in [0.3, 0.4) is 0 Å². The van der Waals surface area contributed by atoms with E-state index in [2.05, 4.69) is 15.1 Å². The fourth-order valence-corrected chi connectivity index (χ4v) is 1.38. The van der Waals surface area contributed by atoms with Crippen LogP contribution in [0.5, 0.6) is 0 Å². The molecule has 0 unspecified atom stereocenters. The van der Waals surface area contributed by atoms with E-state index < -0.39 is 0 Å². The smallest absolute Gasteiger partial charge is 0.257 e. The Kier molecular flexibility index (Phi) is 3.39. The van der Waals surface area contributed by atoms with Gasteiger partial charge >= 0.3 is 0 Å². The first-order chi connectivity index (χ1) is 8.19. The van der Waals surface area contributed by atoms with Gasteiger partial charge in [0.05, 0.1) is 11.6 Å². The second-order valence-electron chi connectivity index (χ2n) is 3.43. The molecule has 0 fully saturated rings. The number of aliphatic imine (C=N–C) groups is 1. The van der Waals surface area contributed by atoms with Crippen LogP contribution in [0.15, 0.2) is 33.8 Å². The molecule has 5 nitrogen and oxygen atoms in total. The number of aryl methyl sites for hydroxylation is 1. The van der Waals surface area contributed by atoms with Crippen LogP contribution in [-0.4, -0.2) is 21.9 Å². The highest BCUT2D eigenvalue weighted by Crippen LogP contribution is 2.22. The van der Waals surface area contributed by atoms with E-state index in [1.807, 2.05) is 24.3 Å². The van der Waals surface area contributed by atoms with Crippen molar-refractivity contribution in [3.8, 4) is 11.5 Å². The Balaban J connectivity index is 2.35. The standard InChI is InChI=1S/C11H11ClN4O/c1-7-14-11(17-16-7)8-3-2-4-9(5-8)15-10(13)6-12/h2-5H,6H2,1H3,(H2,13,15). The Morgan fingerprint density at radius 2 is 2.35 bits per heavy atom. The number of halogens is 1. The SMILES string of the molecule is Cc1noc(-c2cccc(N=C(N)CCl)c2)n1. The molecular formula is C11H11ClN4O. The molecule has 0 saturated heterocycles. The number of nitrogens with two attached hydrogens (primary N) is 1. The zero-order valence-corrected chi connectivity index (χ0v) is 9.98. The zero-order chi connectivity index (χ0) is 12.3. The van der Waals surface area contributed by atoms with Gasteiger partial charge in [-0.25, -0.2) is 4.99 Å². The fourth-order valence-electron chi connectivity index (χ4n) is 1.32. The summed E-state index contributed by atoms with van der Waals surface area (Å²) >= 11 is 5.57. The topological polar surface area (TPSA) is 77.3 Å². The highest BCUT2D eigenvalue weighted by molar-refractivity contribution is 6.28. The molecular weight excluding hydrogens is 240 g/mol. The van der Waals surface area contributed by atoms with Gasteiger partial charge in [0.1, 0.15) is 5.84 Å². The van der Waals surface area contributed by atoms with E-state index in [1.165, 1.54) is 0 Å². The van der Waals surface area contributed by atoms with Crippen LogP contribution in [0.1, 0.15) is 5.82 Å². The Bertz CT molecular complexity index is 550. The quantitative estimate of drug-likeness (QED) is 0.515. The van der Waals surface area contributed by atoms with Gasteiger partial charge in [0, 0.05) is 5.56 Å². The molecule has 0 amide bonds. The molecule has 0 spiro atoms. The Morgan fingerprint density at radius 1 is 1.53 bits per heavy atom. The summed E-state index contributed by atoms with van der Waals surface area (Å²) < 4.78 is 5.07. The molecule has 17 heavy (non-hydrogen) atoms. The number of alkyl halides is 1. The highest BCUT2D eigenvalue weighted by atomic mass is 35.5. The third-order valence-corrected chi connectivity index (χ3v) is 2.30. The lowest BCUT2D eigenvalue weighted by atomic mass is 10.2. The molecule has 0 aliphatic carbocycles. The average molecular weight is 251 g/mol. The predicted molar refractivity (Wildman–Crippen MR) is 66.5 cm³/mol. The van der Waals surface area contributed by atoms with Crippen LogP contribution in [0.4, 0.5) is 5.69 Å². The summed E-state index contributed by atoms with van der Waals surface area (Å²) in [5, 5.41) is 3.73. The highest BCUT2D eigenvalue weighted by Gasteiger charge is 2.06. The minimum absolute atomic E-state index is 0.198. The molecule has 0 radical (unpaired) electrons. The van der Waals surface area contributed by atoms with Crippen molar-refractivity contribution in [2.75, 3.05) is 5.88 Å². The van der Waals surface area contributed by atoms with Crippen molar-refractivity contribution in [1.29, 1.82) is 0 Å². The van der Waals surface area contributed by atoms with E-state index in [0.717, 1.165) is 5.56 Å². The Hall–Kier alpha value is -1.88. The second-order valence-corrected chi connectivity index (χ2v) is 3.70. The van der Waals surface area contributed by atoms with Gasteiger partial charge in [0.25, 0.3) is 5.89 Å². The van der Waals surface area contributed by atoms with Gasteiger partial charge in [0.15, 0.2) is 5.82 Å². The van der Waals surface area contributed by atoms with Gasteiger partial charge in [-0.05, 0) is 25.1 Å². The summed E-state index contributed by atoms with van der Waals surface area (Å²) in [5.41, 5.74) is 7.07. The molecule has 0 aliphatic heterocycles. The summed E-state index contributed by atoms with van der Waals surface area (Å²) in [6.45, 7) is 1.76. The Labute approximate surface area is 103 Å². The van der Waals surface area contributed by atoms with Gasteiger partial charge in [-0.1, -0.05) is 11.2 Å². The van der Waals surface area contributed by atoms with E-state index in [4.69, 9.17) is 21.9 Å². The minimum atomic E-state index is 0.198. The normalized spacial score (nSPS) is 11.8. The molecule has 0 saturated carbocycles. The number of amidine groups is 1. The van der Waals surface area contributed by atoms with Gasteiger partial charge in [-0.15, -0.1) is 11.6 Å². The third kappa shape index (κ3) is 2.82. The van der Waals surface area contributed by atoms with E-state index in [-0.39, 0.29) is 5.88 Å². The zero-order valence-electron chi connectivity index (χ0n) is 9.22. The summed E-state index contributed by atoms with van der Waals surface area (Å²) in [7, 11) is 0. The molecule has 0 bridgehead atoms. The first kappa shape index (κ1) is 11.6. The number of benzene rings is 1. The predicted octanol–water partition coefficient (Wildman–Crippen LogP) is 2.27. The molecule has 1 heterocycles. The van der Waals surface area contributed by atoms with Crippen molar-refractivity contribution >= 4 is 23.1 Å². The van der Waals surface area contributed by atoms with Gasteiger partial charge in [-0.2, -0.15) is 4.98 Å². The van der Waals surface area contributed by atoms with Crippen molar-refractivity contribution < 1.29 is 4.52 Å². The van der Waals surface area contributed by atoms with Crippen molar-refractivity contribution in [2.45, 2.75) is 6.92 Å². The monoisotopic (exact) mass is 250 g/mol. The Morgan fingerprint density at radius 3 is 3.00 bits per heavy atom. The van der Waals surface area contributed by atoms with Crippen molar-refractivity contribution in [3.63, 3.8) is 0 Å². The van der Waals surface area contributed by atoms with E-state index in [0.29, 0.717) is 23.2 Å². The van der Waals surface area contributed by atoms with Crippen LogP contribution in [0.25, 0.3) is 11.5 Å². The first-order valence-corrected chi connectivity index (χ1v) is 5.52. The summed E-state index contributed by atoms with van der Waals surface area (Å²) in [6, 6.07) is 7.34. The van der Waals surface area contributed by atoms with Crippen LogP contribution >= 0.6 is 11.6 Å². The van der Waals surface area contributed by atoms with Crippen LogP contribution in [0, 0.1) is 6.92 Å².